The van der Waals surface area contributed by atoms with Crippen LogP contribution in [0.2, 0.25) is 0 Å². The van der Waals surface area contributed by atoms with Gasteiger partial charge in [0, 0.05) is 28.9 Å². The fourth-order valence-electron chi connectivity index (χ4n) is 2.34. The van der Waals surface area contributed by atoms with Gasteiger partial charge in [0.25, 0.3) is 5.91 Å². The molecule has 0 unspecified atom stereocenters. The molecule has 0 aliphatic rings. The van der Waals surface area contributed by atoms with Crippen LogP contribution in [0.4, 0.5) is 5.69 Å². The van der Waals surface area contributed by atoms with Crippen molar-refractivity contribution in [1.82, 2.24) is 26.1 Å². The number of hydroxylamine groups is 1. The largest absolute Gasteiger partial charge is 0.380 e. The summed E-state index contributed by atoms with van der Waals surface area (Å²) in [6, 6.07) is 15.0. The van der Waals surface area contributed by atoms with Crippen LogP contribution in [0.25, 0.3) is 17.0 Å². The van der Waals surface area contributed by atoms with Crippen LogP contribution < -0.4 is 10.8 Å². The SMILES string of the molecule is C=C(C(=O)NO)c1ccccc1NCc1ccc(-c2nn[nH]n2)cc1. The zero-order valence-corrected chi connectivity index (χ0v) is 13.2. The third kappa shape index (κ3) is 3.70. The highest BCUT2D eigenvalue weighted by Gasteiger charge is 2.12. The normalized spacial score (nSPS) is 10.3. The third-order valence-electron chi connectivity index (χ3n) is 3.67. The molecule has 0 aliphatic carbocycles. The minimum Gasteiger partial charge on any atom is -0.380 e. The van der Waals surface area contributed by atoms with E-state index in [2.05, 4.69) is 32.5 Å². The molecule has 0 aliphatic heterocycles. The topological polar surface area (TPSA) is 116 Å². The highest BCUT2D eigenvalue weighted by atomic mass is 16.5. The molecule has 0 atom stereocenters. The first-order valence-electron chi connectivity index (χ1n) is 7.48. The monoisotopic (exact) mass is 336 g/mol. The average Bonchev–Trinajstić information content (AvgIpc) is 3.20. The van der Waals surface area contributed by atoms with Crippen molar-refractivity contribution in [3.05, 3.63) is 66.2 Å². The van der Waals surface area contributed by atoms with Gasteiger partial charge in [-0.1, -0.05) is 49.0 Å². The Kier molecular flexibility index (Phi) is 4.82. The van der Waals surface area contributed by atoms with Crippen LogP contribution in [0.5, 0.6) is 0 Å². The van der Waals surface area contributed by atoms with Crippen molar-refractivity contribution in [1.29, 1.82) is 0 Å². The van der Waals surface area contributed by atoms with Gasteiger partial charge in [-0.05, 0) is 16.8 Å². The summed E-state index contributed by atoms with van der Waals surface area (Å²) in [6.07, 6.45) is 0. The van der Waals surface area contributed by atoms with Gasteiger partial charge in [0.05, 0.1) is 0 Å². The maximum Gasteiger partial charge on any atom is 0.274 e. The number of H-pyrrole nitrogens is 1. The molecule has 3 aromatic rings. The summed E-state index contributed by atoms with van der Waals surface area (Å²) in [5.74, 6) is -0.102. The van der Waals surface area contributed by atoms with E-state index in [1.54, 1.807) is 17.6 Å². The predicted molar refractivity (Wildman–Crippen MR) is 92.3 cm³/mol. The molecule has 1 aromatic heterocycles. The van der Waals surface area contributed by atoms with Gasteiger partial charge in [-0.25, -0.2) is 5.48 Å². The van der Waals surface area contributed by atoms with E-state index in [0.717, 1.165) is 16.8 Å². The maximum atomic E-state index is 11.6. The number of hydrogen-bond donors (Lipinski definition) is 4. The summed E-state index contributed by atoms with van der Waals surface area (Å²) in [5, 5.41) is 25.9. The Hall–Kier alpha value is -3.52. The molecule has 0 fully saturated rings. The molecule has 0 bridgehead atoms. The van der Waals surface area contributed by atoms with E-state index in [1.165, 1.54) is 0 Å². The Balaban J connectivity index is 1.72. The third-order valence-corrected chi connectivity index (χ3v) is 3.67. The Bertz CT molecular complexity index is 874. The van der Waals surface area contributed by atoms with E-state index >= 15 is 0 Å². The van der Waals surface area contributed by atoms with Gasteiger partial charge in [0.1, 0.15) is 0 Å². The number of carbonyl (C=O) groups excluding carboxylic acids is 1. The van der Waals surface area contributed by atoms with Gasteiger partial charge < -0.3 is 5.32 Å². The summed E-state index contributed by atoms with van der Waals surface area (Å²) < 4.78 is 0. The van der Waals surface area contributed by atoms with Crippen LogP contribution in [0, 0.1) is 0 Å². The molecule has 2 aromatic carbocycles. The van der Waals surface area contributed by atoms with Gasteiger partial charge in [-0.3, -0.25) is 10.0 Å². The molecule has 0 spiro atoms. The van der Waals surface area contributed by atoms with Crippen molar-refractivity contribution >= 4 is 17.2 Å². The Morgan fingerprint density at radius 3 is 2.60 bits per heavy atom. The lowest BCUT2D eigenvalue weighted by atomic mass is 10.0. The van der Waals surface area contributed by atoms with Crippen molar-refractivity contribution in [3.63, 3.8) is 0 Å². The standard InChI is InChI=1S/C17H16N6O2/c1-11(17(24)21-25)14-4-2-3-5-15(14)18-10-12-6-8-13(9-7-12)16-19-22-23-20-16/h2-9,18,25H,1,10H2,(H,21,24)(H,19,20,22,23). The molecule has 0 radical (unpaired) electrons. The quantitative estimate of drug-likeness (QED) is 0.311. The molecule has 8 heteroatoms. The van der Waals surface area contributed by atoms with E-state index in [-0.39, 0.29) is 5.57 Å². The smallest absolute Gasteiger partial charge is 0.274 e. The summed E-state index contributed by atoms with van der Waals surface area (Å²) in [4.78, 5) is 11.6. The van der Waals surface area contributed by atoms with E-state index in [4.69, 9.17) is 5.21 Å². The first-order valence-corrected chi connectivity index (χ1v) is 7.48. The van der Waals surface area contributed by atoms with Gasteiger partial charge in [-0.2, -0.15) is 5.21 Å². The highest BCUT2D eigenvalue weighted by Crippen LogP contribution is 2.23. The van der Waals surface area contributed by atoms with Gasteiger partial charge in [0.2, 0.25) is 5.82 Å². The number of aromatic nitrogens is 4. The Labute approximate surface area is 143 Å². The molecule has 0 saturated heterocycles. The van der Waals surface area contributed by atoms with Crippen LogP contribution in [-0.4, -0.2) is 31.7 Å². The molecule has 1 heterocycles. The van der Waals surface area contributed by atoms with E-state index in [0.29, 0.717) is 17.9 Å². The number of tetrazole rings is 1. The van der Waals surface area contributed by atoms with Crippen molar-refractivity contribution < 1.29 is 10.0 Å². The second kappa shape index (κ2) is 7.37. The van der Waals surface area contributed by atoms with E-state index < -0.39 is 5.91 Å². The van der Waals surface area contributed by atoms with Gasteiger partial charge in [0.15, 0.2) is 0 Å². The molecule has 0 saturated carbocycles. The van der Waals surface area contributed by atoms with E-state index in [9.17, 15) is 4.79 Å². The number of aromatic amines is 1. The molecule has 4 N–H and O–H groups in total. The van der Waals surface area contributed by atoms with Gasteiger partial charge >= 0.3 is 0 Å². The second-order valence-electron chi connectivity index (χ2n) is 5.25. The average molecular weight is 336 g/mol. The predicted octanol–water partition coefficient (Wildman–Crippen LogP) is 2.00. The van der Waals surface area contributed by atoms with Crippen molar-refractivity contribution in [3.8, 4) is 11.4 Å². The summed E-state index contributed by atoms with van der Waals surface area (Å²) in [6.45, 7) is 4.27. The molecule has 8 nitrogen and oxygen atoms in total. The van der Waals surface area contributed by atoms with Crippen LogP contribution in [0.3, 0.4) is 0 Å². The van der Waals surface area contributed by atoms with Crippen molar-refractivity contribution in [2.24, 2.45) is 0 Å². The number of para-hydroxylation sites is 1. The fraction of sp³-hybridized carbons (Fsp3) is 0.0588. The highest BCUT2D eigenvalue weighted by molar-refractivity contribution is 6.19. The second-order valence-corrected chi connectivity index (χ2v) is 5.25. The first kappa shape index (κ1) is 16.3. The zero-order chi connectivity index (χ0) is 17.6. The number of hydrogen-bond acceptors (Lipinski definition) is 6. The number of carbonyl (C=O) groups is 1. The van der Waals surface area contributed by atoms with Gasteiger partial charge in [-0.15, -0.1) is 10.2 Å². The lowest BCUT2D eigenvalue weighted by molar-refractivity contribution is -0.123. The minimum absolute atomic E-state index is 0.179. The summed E-state index contributed by atoms with van der Waals surface area (Å²) in [5.41, 5.74) is 5.06. The van der Waals surface area contributed by atoms with Crippen LogP contribution in [-0.2, 0) is 11.3 Å². The molecule has 1 amide bonds. The fourth-order valence-corrected chi connectivity index (χ4v) is 2.34. The number of amides is 1. The van der Waals surface area contributed by atoms with Crippen LogP contribution in [0.15, 0.2) is 55.1 Å². The lowest BCUT2D eigenvalue weighted by Gasteiger charge is -2.13. The van der Waals surface area contributed by atoms with Crippen molar-refractivity contribution in [2.75, 3.05) is 5.32 Å². The summed E-state index contributed by atoms with van der Waals surface area (Å²) >= 11 is 0. The Morgan fingerprint density at radius 2 is 1.92 bits per heavy atom. The number of nitrogens with one attached hydrogen (secondary N) is 3. The number of benzene rings is 2. The lowest BCUT2D eigenvalue weighted by Crippen LogP contribution is -2.20. The van der Waals surface area contributed by atoms with Crippen LogP contribution in [0.1, 0.15) is 11.1 Å². The minimum atomic E-state index is -0.640. The molecular formula is C17H16N6O2. The molecule has 25 heavy (non-hydrogen) atoms. The molecular weight excluding hydrogens is 320 g/mol. The number of rotatable bonds is 6. The first-order chi connectivity index (χ1) is 12.2. The Morgan fingerprint density at radius 1 is 1.16 bits per heavy atom. The number of nitrogens with zero attached hydrogens (tertiary/aromatic N) is 3. The van der Waals surface area contributed by atoms with E-state index in [1.807, 2.05) is 36.4 Å². The number of anilines is 1. The maximum absolute atomic E-state index is 11.6. The molecule has 126 valence electrons. The molecule has 3 rings (SSSR count). The summed E-state index contributed by atoms with van der Waals surface area (Å²) in [7, 11) is 0. The van der Waals surface area contributed by atoms with Crippen LogP contribution >= 0.6 is 0 Å². The zero-order valence-electron chi connectivity index (χ0n) is 13.2. The van der Waals surface area contributed by atoms with Crippen molar-refractivity contribution in [2.45, 2.75) is 6.54 Å².